The maximum absolute atomic E-state index is 12.8. The summed E-state index contributed by atoms with van der Waals surface area (Å²) in [6, 6.07) is 0.324. The van der Waals surface area contributed by atoms with Crippen molar-refractivity contribution in [2.45, 2.75) is 64.8 Å². The highest BCUT2D eigenvalue weighted by Crippen LogP contribution is 2.25. The lowest BCUT2D eigenvalue weighted by atomic mass is 9.98. The molecule has 21 heavy (non-hydrogen) atoms. The lowest BCUT2D eigenvalue weighted by molar-refractivity contribution is 0.0594. The van der Waals surface area contributed by atoms with E-state index >= 15 is 0 Å². The van der Waals surface area contributed by atoms with Gasteiger partial charge in [0.2, 0.25) is 0 Å². The molecule has 1 amide bonds. The minimum absolute atomic E-state index is 0.0394. The Hall–Kier alpha value is -1.16. The van der Waals surface area contributed by atoms with Gasteiger partial charge in [-0.05, 0) is 25.7 Å². The summed E-state index contributed by atoms with van der Waals surface area (Å²) >= 11 is 6.17. The zero-order valence-electron chi connectivity index (χ0n) is 13.1. The van der Waals surface area contributed by atoms with Crippen LogP contribution in [-0.4, -0.2) is 33.4 Å². The molecule has 0 spiro atoms. The minimum atomic E-state index is -0.0394. The number of amides is 1. The van der Waals surface area contributed by atoms with Gasteiger partial charge < -0.3 is 4.90 Å². The number of carbonyl (C=O) groups is 1. The lowest BCUT2D eigenvalue weighted by Crippen LogP contribution is -2.44. The molecule has 1 aliphatic heterocycles. The number of piperidine rings is 1. The van der Waals surface area contributed by atoms with Gasteiger partial charge in [-0.3, -0.25) is 4.79 Å². The van der Waals surface area contributed by atoms with Crippen LogP contribution in [0.15, 0.2) is 6.20 Å². The van der Waals surface area contributed by atoms with Crippen LogP contribution in [0.5, 0.6) is 0 Å². The monoisotopic (exact) mass is 309 g/mol. The number of carbonyl (C=O) groups excluding carboxylic acids is 1. The number of hydrogen-bond donors (Lipinski definition) is 0. The molecule has 1 saturated heterocycles. The number of rotatable bonds is 4. The van der Waals surface area contributed by atoms with E-state index in [-0.39, 0.29) is 11.8 Å². The largest absolute Gasteiger partial charge is 0.334 e. The molecule has 0 N–H and O–H groups in total. The van der Waals surface area contributed by atoms with E-state index in [2.05, 4.69) is 16.9 Å². The Morgan fingerprint density at radius 1 is 1.48 bits per heavy atom. The highest BCUT2D eigenvalue weighted by molar-refractivity contribution is 6.33. The number of hydrogen-bond acceptors (Lipinski definition) is 3. The molecule has 1 atom stereocenters. The van der Waals surface area contributed by atoms with Gasteiger partial charge in [-0.25, -0.2) is 9.97 Å². The summed E-state index contributed by atoms with van der Waals surface area (Å²) in [6.45, 7) is 6.99. The molecule has 4 nitrogen and oxygen atoms in total. The zero-order chi connectivity index (χ0) is 15.4. The Morgan fingerprint density at radius 2 is 2.24 bits per heavy atom. The smallest absolute Gasteiger partial charge is 0.274 e. The predicted molar refractivity (Wildman–Crippen MR) is 84.7 cm³/mol. The van der Waals surface area contributed by atoms with Crippen LogP contribution in [-0.2, 0) is 0 Å². The Balaban J connectivity index is 2.27. The normalized spacial score (nSPS) is 19.1. The van der Waals surface area contributed by atoms with Crippen LogP contribution in [0.25, 0.3) is 0 Å². The first kappa shape index (κ1) is 16.2. The van der Waals surface area contributed by atoms with Crippen molar-refractivity contribution in [3.05, 3.63) is 22.7 Å². The summed E-state index contributed by atoms with van der Waals surface area (Å²) in [5, 5.41) is 0.352. The molecule has 116 valence electrons. The SMILES string of the molecule is CCCC1CCCCN1C(=O)c1nc(C(C)C)ncc1Cl. The molecule has 0 radical (unpaired) electrons. The van der Waals surface area contributed by atoms with E-state index in [1.165, 1.54) is 6.42 Å². The Morgan fingerprint density at radius 3 is 2.90 bits per heavy atom. The molecule has 1 fully saturated rings. The van der Waals surface area contributed by atoms with E-state index in [0.29, 0.717) is 22.6 Å². The van der Waals surface area contributed by atoms with Gasteiger partial charge in [0.25, 0.3) is 5.91 Å². The fourth-order valence-corrected chi connectivity index (χ4v) is 3.02. The van der Waals surface area contributed by atoms with Gasteiger partial charge in [0.15, 0.2) is 5.69 Å². The van der Waals surface area contributed by atoms with Crippen molar-refractivity contribution in [3.8, 4) is 0 Å². The number of likely N-dealkylation sites (tertiary alicyclic amines) is 1. The number of nitrogens with zero attached hydrogens (tertiary/aromatic N) is 3. The summed E-state index contributed by atoms with van der Waals surface area (Å²) in [5.41, 5.74) is 0.360. The second kappa shape index (κ2) is 7.21. The molecule has 0 aromatic carbocycles. The van der Waals surface area contributed by atoms with E-state index in [4.69, 9.17) is 11.6 Å². The molecule has 5 heteroatoms. The Bertz CT molecular complexity index is 502. The van der Waals surface area contributed by atoms with Gasteiger partial charge in [0.05, 0.1) is 11.2 Å². The molecular formula is C16H24ClN3O. The van der Waals surface area contributed by atoms with Gasteiger partial charge >= 0.3 is 0 Å². The lowest BCUT2D eigenvalue weighted by Gasteiger charge is -2.35. The van der Waals surface area contributed by atoms with Crippen LogP contribution in [0.2, 0.25) is 5.02 Å². The maximum atomic E-state index is 12.8. The van der Waals surface area contributed by atoms with Crippen molar-refractivity contribution in [2.24, 2.45) is 0 Å². The molecule has 1 aromatic heterocycles. The third-order valence-electron chi connectivity index (χ3n) is 3.99. The van der Waals surface area contributed by atoms with Gasteiger partial charge in [-0.2, -0.15) is 0 Å². The highest BCUT2D eigenvalue weighted by atomic mass is 35.5. The van der Waals surface area contributed by atoms with Crippen molar-refractivity contribution >= 4 is 17.5 Å². The fraction of sp³-hybridized carbons (Fsp3) is 0.688. The van der Waals surface area contributed by atoms with Crippen LogP contribution >= 0.6 is 11.6 Å². The van der Waals surface area contributed by atoms with E-state index in [1.54, 1.807) is 6.20 Å². The third kappa shape index (κ3) is 3.73. The molecule has 2 rings (SSSR count). The van der Waals surface area contributed by atoms with Crippen molar-refractivity contribution in [3.63, 3.8) is 0 Å². The van der Waals surface area contributed by atoms with Crippen molar-refractivity contribution in [1.82, 2.24) is 14.9 Å². The molecule has 0 bridgehead atoms. The minimum Gasteiger partial charge on any atom is -0.334 e. The van der Waals surface area contributed by atoms with Crippen LogP contribution < -0.4 is 0 Å². The first-order valence-corrected chi connectivity index (χ1v) is 8.25. The average molecular weight is 310 g/mol. The van der Waals surface area contributed by atoms with Gasteiger partial charge in [0.1, 0.15) is 5.82 Å². The third-order valence-corrected chi connectivity index (χ3v) is 4.27. The van der Waals surface area contributed by atoms with Gasteiger partial charge in [0, 0.05) is 18.5 Å². The first-order valence-electron chi connectivity index (χ1n) is 7.88. The second-order valence-electron chi connectivity index (χ2n) is 6.02. The van der Waals surface area contributed by atoms with Gasteiger partial charge in [-0.1, -0.05) is 38.8 Å². The van der Waals surface area contributed by atoms with E-state index < -0.39 is 0 Å². The summed E-state index contributed by atoms with van der Waals surface area (Å²) < 4.78 is 0. The predicted octanol–water partition coefficient (Wildman–Crippen LogP) is 4.05. The standard InChI is InChI=1S/C16H24ClN3O/c1-4-7-12-8-5-6-9-20(12)16(21)14-13(17)10-18-15(19-14)11(2)3/h10-12H,4-9H2,1-3H3. The van der Waals surface area contributed by atoms with Crippen LogP contribution in [0.4, 0.5) is 0 Å². The number of aromatic nitrogens is 2. The van der Waals surface area contributed by atoms with Crippen LogP contribution in [0.3, 0.4) is 0 Å². The highest BCUT2D eigenvalue weighted by Gasteiger charge is 2.29. The molecule has 1 aliphatic rings. The molecule has 1 unspecified atom stereocenters. The molecule has 2 heterocycles. The van der Waals surface area contributed by atoms with Crippen LogP contribution in [0.1, 0.15) is 75.1 Å². The fourth-order valence-electron chi connectivity index (χ4n) is 2.85. The van der Waals surface area contributed by atoms with E-state index in [0.717, 1.165) is 32.2 Å². The summed E-state index contributed by atoms with van der Waals surface area (Å²) in [5.74, 6) is 0.816. The van der Waals surface area contributed by atoms with Crippen LogP contribution in [0, 0.1) is 0 Å². The van der Waals surface area contributed by atoms with Gasteiger partial charge in [-0.15, -0.1) is 0 Å². The summed E-state index contributed by atoms with van der Waals surface area (Å²) in [6.07, 6.45) is 7.03. The van der Waals surface area contributed by atoms with Crippen molar-refractivity contribution in [2.75, 3.05) is 6.54 Å². The maximum Gasteiger partial charge on any atom is 0.274 e. The van der Waals surface area contributed by atoms with Crippen molar-refractivity contribution < 1.29 is 4.79 Å². The number of halogens is 1. The molecular weight excluding hydrogens is 286 g/mol. The molecule has 0 aliphatic carbocycles. The summed E-state index contributed by atoms with van der Waals surface area (Å²) in [7, 11) is 0. The summed E-state index contributed by atoms with van der Waals surface area (Å²) in [4.78, 5) is 23.4. The van der Waals surface area contributed by atoms with Crippen molar-refractivity contribution in [1.29, 1.82) is 0 Å². The Labute approximate surface area is 131 Å². The average Bonchev–Trinajstić information content (AvgIpc) is 2.47. The zero-order valence-corrected chi connectivity index (χ0v) is 13.9. The topological polar surface area (TPSA) is 46.1 Å². The first-order chi connectivity index (χ1) is 10.0. The quantitative estimate of drug-likeness (QED) is 0.843. The molecule has 0 saturated carbocycles. The Kier molecular flexibility index (Phi) is 5.57. The second-order valence-corrected chi connectivity index (χ2v) is 6.42. The molecule has 1 aromatic rings. The van der Waals surface area contributed by atoms with E-state index in [1.807, 2.05) is 18.7 Å². The van der Waals surface area contributed by atoms with E-state index in [9.17, 15) is 4.79 Å².